The first-order chi connectivity index (χ1) is 10.8. The molecule has 0 aliphatic heterocycles. The van der Waals surface area contributed by atoms with Crippen molar-refractivity contribution >= 4 is 46.4 Å². The van der Waals surface area contributed by atoms with Crippen LogP contribution in [0.2, 0.25) is 15.1 Å². The Labute approximate surface area is 147 Å². The van der Waals surface area contributed by atoms with Gasteiger partial charge < -0.3 is 14.6 Å². The SMILES string of the molecule is COc1ccc(Cl)cc1NC(=O)C(C)n1cc(Cl)cc(Cl)c1=O. The number of methoxy groups -OCH3 is 1. The van der Waals surface area contributed by atoms with Gasteiger partial charge >= 0.3 is 0 Å². The Kier molecular flexibility index (Phi) is 5.57. The summed E-state index contributed by atoms with van der Waals surface area (Å²) in [6.45, 7) is 1.56. The lowest BCUT2D eigenvalue weighted by Gasteiger charge is -2.17. The molecule has 1 unspecified atom stereocenters. The average molecular weight is 376 g/mol. The molecule has 2 rings (SSSR count). The van der Waals surface area contributed by atoms with Gasteiger partial charge in [0, 0.05) is 11.2 Å². The standard InChI is InChI=1S/C15H13Cl3N2O3/c1-8(20-7-10(17)5-11(18)15(20)22)14(21)19-12-6-9(16)3-4-13(12)23-2/h3-8H,1-2H3,(H,19,21). The maximum Gasteiger partial charge on any atom is 0.270 e. The highest BCUT2D eigenvalue weighted by Crippen LogP contribution is 2.28. The molecule has 5 nitrogen and oxygen atoms in total. The van der Waals surface area contributed by atoms with Crippen molar-refractivity contribution < 1.29 is 9.53 Å². The lowest BCUT2D eigenvalue weighted by atomic mass is 10.2. The fraction of sp³-hybridized carbons (Fsp3) is 0.200. The highest BCUT2D eigenvalue weighted by molar-refractivity contribution is 6.34. The van der Waals surface area contributed by atoms with Crippen LogP contribution in [-0.2, 0) is 4.79 Å². The van der Waals surface area contributed by atoms with E-state index in [1.807, 2.05) is 0 Å². The Balaban J connectivity index is 2.31. The fourth-order valence-electron chi connectivity index (χ4n) is 1.96. The van der Waals surface area contributed by atoms with Gasteiger partial charge in [-0.15, -0.1) is 0 Å². The van der Waals surface area contributed by atoms with Gasteiger partial charge in [0.1, 0.15) is 16.8 Å². The van der Waals surface area contributed by atoms with Gasteiger partial charge in [-0.25, -0.2) is 0 Å². The van der Waals surface area contributed by atoms with E-state index in [4.69, 9.17) is 39.5 Å². The van der Waals surface area contributed by atoms with E-state index >= 15 is 0 Å². The van der Waals surface area contributed by atoms with Gasteiger partial charge in [0.15, 0.2) is 0 Å². The summed E-state index contributed by atoms with van der Waals surface area (Å²) in [5.74, 6) is 0.0115. The van der Waals surface area contributed by atoms with Crippen molar-refractivity contribution in [3.63, 3.8) is 0 Å². The molecule has 23 heavy (non-hydrogen) atoms. The predicted molar refractivity (Wildman–Crippen MR) is 92.1 cm³/mol. The molecule has 8 heteroatoms. The molecular formula is C15H13Cl3N2O3. The van der Waals surface area contributed by atoms with Crippen LogP contribution in [0.1, 0.15) is 13.0 Å². The number of rotatable bonds is 4. The van der Waals surface area contributed by atoms with Crippen molar-refractivity contribution in [1.82, 2.24) is 4.57 Å². The van der Waals surface area contributed by atoms with Gasteiger partial charge in [-0.3, -0.25) is 9.59 Å². The molecule has 2 aromatic rings. The summed E-state index contributed by atoms with van der Waals surface area (Å²) in [5.41, 5.74) is -0.102. The molecule has 0 saturated heterocycles. The number of nitrogens with one attached hydrogen (secondary N) is 1. The zero-order chi connectivity index (χ0) is 17.1. The Morgan fingerprint density at radius 1 is 1.22 bits per heavy atom. The zero-order valence-corrected chi connectivity index (χ0v) is 14.5. The van der Waals surface area contributed by atoms with E-state index < -0.39 is 17.5 Å². The molecule has 0 radical (unpaired) electrons. The molecule has 0 bridgehead atoms. The lowest BCUT2D eigenvalue weighted by Crippen LogP contribution is -2.31. The van der Waals surface area contributed by atoms with Crippen molar-refractivity contribution in [3.8, 4) is 5.75 Å². The molecule has 0 aliphatic rings. The summed E-state index contributed by atoms with van der Waals surface area (Å²) in [6.07, 6.45) is 1.36. The van der Waals surface area contributed by atoms with E-state index in [-0.39, 0.29) is 10.0 Å². The zero-order valence-electron chi connectivity index (χ0n) is 12.3. The largest absolute Gasteiger partial charge is 0.495 e. The lowest BCUT2D eigenvalue weighted by molar-refractivity contribution is -0.118. The number of halogens is 3. The second-order valence-corrected chi connectivity index (χ2v) is 6.01. The number of amides is 1. The molecular weight excluding hydrogens is 363 g/mol. The summed E-state index contributed by atoms with van der Waals surface area (Å²) >= 11 is 17.6. The first-order valence-corrected chi connectivity index (χ1v) is 7.68. The average Bonchev–Trinajstić information content (AvgIpc) is 2.50. The highest BCUT2D eigenvalue weighted by atomic mass is 35.5. The third kappa shape index (κ3) is 3.99. The van der Waals surface area contributed by atoms with E-state index in [1.165, 1.54) is 19.4 Å². The van der Waals surface area contributed by atoms with Gasteiger partial charge in [-0.05, 0) is 31.2 Å². The number of pyridine rings is 1. The minimum atomic E-state index is -0.831. The number of hydrogen-bond donors (Lipinski definition) is 1. The summed E-state index contributed by atoms with van der Waals surface area (Å²) < 4.78 is 6.33. The predicted octanol–water partition coefficient (Wildman–Crippen LogP) is 4.02. The van der Waals surface area contributed by atoms with Crippen LogP contribution >= 0.6 is 34.8 Å². The van der Waals surface area contributed by atoms with Gasteiger partial charge in [0.25, 0.3) is 5.56 Å². The third-order valence-electron chi connectivity index (χ3n) is 3.18. The molecule has 0 spiro atoms. The first kappa shape index (κ1) is 17.7. The molecule has 1 aromatic heterocycles. The smallest absolute Gasteiger partial charge is 0.270 e. The van der Waals surface area contributed by atoms with Crippen molar-refractivity contribution in [2.45, 2.75) is 13.0 Å². The van der Waals surface area contributed by atoms with Gasteiger partial charge in [-0.2, -0.15) is 0 Å². The Bertz CT molecular complexity index is 805. The van der Waals surface area contributed by atoms with Crippen LogP contribution in [0.15, 0.2) is 35.3 Å². The third-order valence-corrected chi connectivity index (χ3v) is 3.89. The molecule has 122 valence electrons. The summed E-state index contributed by atoms with van der Waals surface area (Å²) in [5, 5.41) is 3.31. The molecule has 1 heterocycles. The topological polar surface area (TPSA) is 60.3 Å². The molecule has 1 amide bonds. The van der Waals surface area contributed by atoms with Crippen molar-refractivity contribution in [3.05, 3.63) is 55.9 Å². The second kappa shape index (κ2) is 7.25. The van der Waals surface area contributed by atoms with Gasteiger partial charge in [-0.1, -0.05) is 34.8 Å². The van der Waals surface area contributed by atoms with E-state index in [0.29, 0.717) is 16.5 Å². The van der Waals surface area contributed by atoms with Crippen LogP contribution in [0.4, 0.5) is 5.69 Å². The van der Waals surface area contributed by atoms with Crippen molar-refractivity contribution in [1.29, 1.82) is 0 Å². The van der Waals surface area contributed by atoms with Crippen molar-refractivity contribution in [2.24, 2.45) is 0 Å². The van der Waals surface area contributed by atoms with E-state index in [0.717, 1.165) is 4.57 Å². The number of ether oxygens (including phenoxy) is 1. The van der Waals surface area contributed by atoms with E-state index in [2.05, 4.69) is 5.32 Å². The summed E-state index contributed by atoms with van der Waals surface area (Å²) in [4.78, 5) is 24.5. The summed E-state index contributed by atoms with van der Waals surface area (Å²) in [7, 11) is 1.48. The van der Waals surface area contributed by atoms with E-state index in [1.54, 1.807) is 25.1 Å². The number of aromatic nitrogens is 1. The molecule has 0 fully saturated rings. The number of carbonyl (C=O) groups excluding carboxylic acids is 1. The number of nitrogens with zero attached hydrogens (tertiary/aromatic N) is 1. The number of anilines is 1. The Morgan fingerprint density at radius 2 is 1.91 bits per heavy atom. The maximum atomic E-state index is 12.4. The Hall–Kier alpha value is -1.69. The van der Waals surface area contributed by atoms with Crippen LogP contribution < -0.4 is 15.6 Å². The number of hydrogen-bond acceptors (Lipinski definition) is 3. The first-order valence-electron chi connectivity index (χ1n) is 6.55. The molecule has 0 aliphatic carbocycles. The normalized spacial score (nSPS) is 11.9. The van der Waals surface area contributed by atoms with Gasteiger partial charge in [0.05, 0.1) is 17.8 Å². The van der Waals surface area contributed by atoms with Crippen LogP contribution in [-0.4, -0.2) is 17.6 Å². The second-order valence-electron chi connectivity index (χ2n) is 4.73. The monoisotopic (exact) mass is 374 g/mol. The van der Waals surface area contributed by atoms with Gasteiger partial charge in [0.2, 0.25) is 5.91 Å². The molecule has 1 atom stereocenters. The fourth-order valence-corrected chi connectivity index (χ4v) is 2.62. The van der Waals surface area contributed by atoms with Crippen LogP contribution in [0.5, 0.6) is 5.75 Å². The highest BCUT2D eigenvalue weighted by Gasteiger charge is 2.19. The van der Waals surface area contributed by atoms with Crippen LogP contribution in [0.25, 0.3) is 0 Å². The minimum Gasteiger partial charge on any atom is -0.495 e. The summed E-state index contributed by atoms with van der Waals surface area (Å²) in [6, 6.07) is 5.32. The molecule has 1 N–H and O–H groups in total. The Morgan fingerprint density at radius 3 is 2.57 bits per heavy atom. The van der Waals surface area contributed by atoms with Crippen LogP contribution in [0.3, 0.4) is 0 Å². The maximum absolute atomic E-state index is 12.4. The molecule has 0 saturated carbocycles. The van der Waals surface area contributed by atoms with E-state index in [9.17, 15) is 9.59 Å². The molecule has 1 aromatic carbocycles. The minimum absolute atomic E-state index is 0.0579. The van der Waals surface area contributed by atoms with Crippen LogP contribution in [0, 0.1) is 0 Å². The van der Waals surface area contributed by atoms with Crippen molar-refractivity contribution in [2.75, 3.05) is 12.4 Å². The number of carbonyl (C=O) groups is 1. The number of benzene rings is 1. The quantitative estimate of drug-likeness (QED) is 0.878.